The van der Waals surface area contributed by atoms with Crippen molar-refractivity contribution in [3.8, 4) is 9.75 Å². The molecule has 0 fully saturated rings. The van der Waals surface area contributed by atoms with Crippen molar-refractivity contribution in [1.29, 1.82) is 0 Å². The Kier molecular flexibility index (Phi) is 9.89. The Morgan fingerprint density at radius 2 is 1.46 bits per heavy atom. The number of thiophene rings is 2. The highest BCUT2D eigenvalue weighted by molar-refractivity contribution is 14.1. The standard InChI is InChI=1S/C20H28BrIS2/c1-3-5-7-9-11-15-14-18(22)24-19(15)17-13-16(20(21)23-17)12-10-8-6-4-2/h13-14H,3-12H2,1-2H3. The fraction of sp³-hybridized carbons (Fsp3) is 0.600. The lowest BCUT2D eigenvalue weighted by Gasteiger charge is -2.02. The van der Waals surface area contributed by atoms with Crippen LogP contribution in [0.3, 0.4) is 0 Å². The summed E-state index contributed by atoms with van der Waals surface area (Å²) < 4.78 is 2.76. The molecule has 0 saturated heterocycles. The van der Waals surface area contributed by atoms with Crippen molar-refractivity contribution in [3.63, 3.8) is 0 Å². The van der Waals surface area contributed by atoms with Gasteiger partial charge in [-0.25, -0.2) is 0 Å². The topological polar surface area (TPSA) is 0 Å². The summed E-state index contributed by atoms with van der Waals surface area (Å²) in [5.41, 5.74) is 3.07. The normalized spacial score (nSPS) is 11.3. The van der Waals surface area contributed by atoms with Gasteiger partial charge >= 0.3 is 0 Å². The van der Waals surface area contributed by atoms with Crippen LogP contribution in [0, 0.1) is 2.88 Å². The zero-order valence-electron chi connectivity index (χ0n) is 14.8. The van der Waals surface area contributed by atoms with E-state index in [1.807, 2.05) is 22.7 Å². The Balaban J connectivity index is 2.05. The van der Waals surface area contributed by atoms with Crippen molar-refractivity contribution >= 4 is 61.2 Å². The Hall–Kier alpha value is 0.610. The van der Waals surface area contributed by atoms with Gasteiger partial charge < -0.3 is 0 Å². The lowest BCUT2D eigenvalue weighted by Crippen LogP contribution is -1.86. The highest BCUT2D eigenvalue weighted by Gasteiger charge is 2.14. The molecular formula is C20H28BrIS2. The molecule has 0 unspecified atom stereocenters. The zero-order valence-corrected chi connectivity index (χ0v) is 20.2. The van der Waals surface area contributed by atoms with Gasteiger partial charge in [-0.3, -0.25) is 0 Å². The summed E-state index contributed by atoms with van der Waals surface area (Å²) in [5.74, 6) is 0. The van der Waals surface area contributed by atoms with Gasteiger partial charge in [0.05, 0.1) is 6.67 Å². The van der Waals surface area contributed by atoms with Gasteiger partial charge in [0, 0.05) is 9.75 Å². The molecule has 24 heavy (non-hydrogen) atoms. The van der Waals surface area contributed by atoms with Crippen molar-refractivity contribution in [2.24, 2.45) is 0 Å². The molecule has 0 aliphatic heterocycles. The van der Waals surface area contributed by atoms with Crippen molar-refractivity contribution in [2.45, 2.75) is 78.1 Å². The largest absolute Gasteiger partial charge is 0.128 e. The summed E-state index contributed by atoms with van der Waals surface area (Å²) in [6.07, 6.45) is 13.1. The molecule has 0 aliphatic rings. The van der Waals surface area contributed by atoms with E-state index in [-0.39, 0.29) is 0 Å². The van der Waals surface area contributed by atoms with Gasteiger partial charge in [0.2, 0.25) is 0 Å². The number of unbranched alkanes of at least 4 members (excludes halogenated alkanes) is 6. The van der Waals surface area contributed by atoms with E-state index in [1.54, 1.807) is 5.56 Å². The van der Waals surface area contributed by atoms with Gasteiger partial charge in [0.1, 0.15) is 0 Å². The Bertz CT molecular complexity index is 615. The molecule has 2 aromatic rings. The number of halogens is 2. The summed E-state index contributed by atoms with van der Waals surface area (Å²) in [6, 6.07) is 4.85. The fourth-order valence-corrected chi connectivity index (χ4v) is 6.84. The van der Waals surface area contributed by atoms with Gasteiger partial charge in [0.25, 0.3) is 0 Å². The van der Waals surface area contributed by atoms with E-state index in [0.717, 1.165) is 0 Å². The lowest BCUT2D eigenvalue weighted by molar-refractivity contribution is 0.667. The van der Waals surface area contributed by atoms with Crippen LogP contribution in [-0.2, 0) is 12.8 Å². The number of hydrogen-bond donors (Lipinski definition) is 0. The summed E-state index contributed by atoms with van der Waals surface area (Å²) in [6.45, 7) is 4.56. The van der Waals surface area contributed by atoms with Gasteiger partial charge in [-0.2, -0.15) is 0 Å². The van der Waals surface area contributed by atoms with E-state index in [4.69, 9.17) is 0 Å². The van der Waals surface area contributed by atoms with E-state index in [1.165, 1.54) is 86.2 Å². The predicted molar refractivity (Wildman–Crippen MR) is 124 cm³/mol. The van der Waals surface area contributed by atoms with Crippen molar-refractivity contribution < 1.29 is 0 Å². The quantitative estimate of drug-likeness (QED) is 0.197. The summed E-state index contributed by atoms with van der Waals surface area (Å²) >= 11 is 10.2. The zero-order chi connectivity index (χ0) is 17.4. The minimum Gasteiger partial charge on any atom is -0.128 e. The van der Waals surface area contributed by atoms with Crippen LogP contribution in [-0.4, -0.2) is 0 Å². The minimum atomic E-state index is 1.21. The Morgan fingerprint density at radius 1 is 0.833 bits per heavy atom. The molecule has 2 heterocycles. The molecule has 4 heteroatoms. The molecule has 0 bridgehead atoms. The molecule has 134 valence electrons. The second kappa shape index (κ2) is 11.3. The van der Waals surface area contributed by atoms with Crippen LogP contribution in [0.1, 0.15) is 76.3 Å². The summed E-state index contributed by atoms with van der Waals surface area (Å²) in [5, 5.41) is 0. The lowest BCUT2D eigenvalue weighted by atomic mass is 10.1. The smallest absolute Gasteiger partial charge is 0.0737 e. The second-order valence-corrected chi connectivity index (χ2v) is 11.8. The maximum Gasteiger partial charge on any atom is 0.0737 e. The van der Waals surface area contributed by atoms with Crippen LogP contribution < -0.4 is 0 Å². The summed E-state index contributed by atoms with van der Waals surface area (Å²) in [4.78, 5) is 2.98. The molecule has 0 nitrogen and oxygen atoms in total. The first-order valence-corrected chi connectivity index (χ1v) is 12.7. The van der Waals surface area contributed by atoms with Crippen LogP contribution >= 0.6 is 61.2 Å². The van der Waals surface area contributed by atoms with Crippen molar-refractivity contribution in [2.75, 3.05) is 0 Å². The SMILES string of the molecule is CCCCCCc1cc(-c2sc(I)cc2CCCCCC)sc1Br. The Morgan fingerprint density at radius 3 is 2.08 bits per heavy atom. The van der Waals surface area contributed by atoms with Crippen molar-refractivity contribution in [3.05, 3.63) is 29.9 Å². The summed E-state index contributed by atoms with van der Waals surface area (Å²) in [7, 11) is 0. The third kappa shape index (κ3) is 6.40. The number of aryl methyl sites for hydroxylation is 2. The number of rotatable bonds is 11. The first-order chi connectivity index (χ1) is 11.7. The van der Waals surface area contributed by atoms with Crippen LogP contribution in [0.15, 0.2) is 15.9 Å². The highest BCUT2D eigenvalue weighted by Crippen LogP contribution is 2.42. The van der Waals surface area contributed by atoms with E-state index in [2.05, 4.69) is 64.5 Å². The molecule has 0 atom stereocenters. The molecule has 0 aliphatic carbocycles. The highest BCUT2D eigenvalue weighted by atomic mass is 127. The monoisotopic (exact) mass is 538 g/mol. The molecule has 0 radical (unpaired) electrons. The molecule has 0 N–H and O–H groups in total. The predicted octanol–water partition coefficient (Wildman–Crippen LogP) is 9.09. The number of hydrogen-bond acceptors (Lipinski definition) is 2. The van der Waals surface area contributed by atoms with Gasteiger partial charge in [-0.05, 0) is 87.5 Å². The van der Waals surface area contributed by atoms with E-state index in [9.17, 15) is 0 Å². The first kappa shape index (κ1) is 20.9. The average Bonchev–Trinajstić information content (AvgIpc) is 3.11. The molecule has 0 amide bonds. The average molecular weight is 539 g/mol. The van der Waals surface area contributed by atoms with Crippen LogP contribution in [0.5, 0.6) is 0 Å². The second-order valence-electron chi connectivity index (χ2n) is 6.44. The van der Waals surface area contributed by atoms with Crippen LogP contribution in [0.2, 0.25) is 0 Å². The van der Waals surface area contributed by atoms with Gasteiger partial charge in [0.15, 0.2) is 0 Å². The Labute approximate surface area is 177 Å². The van der Waals surface area contributed by atoms with Crippen LogP contribution in [0.4, 0.5) is 0 Å². The van der Waals surface area contributed by atoms with Crippen molar-refractivity contribution in [1.82, 2.24) is 0 Å². The molecule has 2 rings (SSSR count). The third-order valence-corrected chi connectivity index (χ3v) is 8.44. The maximum absolute atomic E-state index is 3.81. The maximum atomic E-state index is 3.81. The molecule has 0 spiro atoms. The molecular weight excluding hydrogens is 511 g/mol. The molecule has 2 aromatic heterocycles. The molecule has 0 saturated carbocycles. The van der Waals surface area contributed by atoms with E-state index >= 15 is 0 Å². The van der Waals surface area contributed by atoms with Gasteiger partial charge in [-0.15, -0.1) is 22.7 Å². The molecule has 0 aromatic carbocycles. The first-order valence-electron chi connectivity index (χ1n) is 9.22. The van der Waals surface area contributed by atoms with E-state index in [0.29, 0.717) is 0 Å². The third-order valence-electron chi connectivity index (χ3n) is 4.36. The van der Waals surface area contributed by atoms with Gasteiger partial charge in [-0.1, -0.05) is 52.4 Å². The van der Waals surface area contributed by atoms with E-state index < -0.39 is 0 Å². The van der Waals surface area contributed by atoms with Crippen LogP contribution in [0.25, 0.3) is 9.75 Å². The minimum absolute atomic E-state index is 1.21. The fourth-order valence-electron chi connectivity index (χ4n) is 2.96.